The molecule has 1 aliphatic carbocycles. The van der Waals surface area contributed by atoms with Crippen LogP contribution in [-0.4, -0.2) is 52.7 Å². The summed E-state index contributed by atoms with van der Waals surface area (Å²) in [6, 6.07) is 4.68. The first-order chi connectivity index (χ1) is 15.2. The molecule has 0 unspecified atom stereocenters. The minimum Gasteiger partial charge on any atom is -0.490 e. The third-order valence-electron chi connectivity index (χ3n) is 5.19. The fourth-order valence-electron chi connectivity index (χ4n) is 3.59. The number of nitrogens with one attached hydrogen (secondary N) is 1. The van der Waals surface area contributed by atoms with Crippen LogP contribution in [0.4, 0.5) is 13.9 Å². The summed E-state index contributed by atoms with van der Waals surface area (Å²) < 4.78 is 36.7. The number of hydrogen-bond donors (Lipinski definition) is 1. The molecule has 1 atom stereocenters. The van der Waals surface area contributed by atoms with E-state index in [0.29, 0.717) is 24.5 Å². The number of carbonyl (C=O) groups excluding carboxylic acids is 2. The van der Waals surface area contributed by atoms with Crippen molar-refractivity contribution in [1.29, 1.82) is 0 Å². The highest BCUT2D eigenvalue weighted by Crippen LogP contribution is 2.42. The normalized spacial score (nSPS) is 18.7. The van der Waals surface area contributed by atoms with E-state index in [9.17, 15) is 18.4 Å². The van der Waals surface area contributed by atoms with Crippen LogP contribution in [0.2, 0.25) is 0 Å². The molecule has 2 aromatic rings. The Bertz CT molecular complexity index is 1010. The molecule has 1 aromatic carbocycles. The zero-order valence-corrected chi connectivity index (χ0v) is 18.6. The zero-order chi connectivity index (χ0) is 22.9. The summed E-state index contributed by atoms with van der Waals surface area (Å²) in [6.45, 7) is 2.93. The molecule has 0 spiro atoms. The van der Waals surface area contributed by atoms with E-state index in [2.05, 4.69) is 20.3 Å². The van der Waals surface area contributed by atoms with Crippen LogP contribution in [0.1, 0.15) is 55.5 Å². The number of ether oxygens (including phenoxy) is 2. The summed E-state index contributed by atoms with van der Waals surface area (Å²) in [6.07, 6.45) is -0.919. The van der Waals surface area contributed by atoms with Crippen LogP contribution in [0.5, 0.6) is 11.5 Å². The number of anilines is 1. The maximum absolute atomic E-state index is 13.3. The highest BCUT2D eigenvalue weighted by atomic mass is 32.1. The van der Waals surface area contributed by atoms with E-state index < -0.39 is 6.11 Å². The summed E-state index contributed by atoms with van der Waals surface area (Å²) in [7, 11) is 0. The van der Waals surface area contributed by atoms with Gasteiger partial charge in [0.15, 0.2) is 11.5 Å². The topological polar surface area (TPSA) is 93.7 Å². The second-order valence-electron chi connectivity index (χ2n) is 7.99. The van der Waals surface area contributed by atoms with Crippen molar-refractivity contribution in [3.05, 3.63) is 28.8 Å². The van der Waals surface area contributed by atoms with Crippen LogP contribution in [0.15, 0.2) is 18.2 Å². The Hall–Kier alpha value is -2.82. The van der Waals surface area contributed by atoms with Gasteiger partial charge in [0, 0.05) is 31.7 Å². The van der Waals surface area contributed by atoms with Gasteiger partial charge in [-0.2, -0.15) is 8.78 Å². The molecule has 1 saturated carbocycles. The minimum atomic E-state index is -3.34. The van der Waals surface area contributed by atoms with Gasteiger partial charge in [0.25, 0.3) is 0 Å². The average Bonchev–Trinajstić information content (AvgIpc) is 3.36. The van der Waals surface area contributed by atoms with E-state index in [1.165, 1.54) is 22.3 Å². The first-order valence-electron chi connectivity index (χ1n) is 10.5. The third kappa shape index (κ3) is 5.50. The molecule has 4 rings (SSSR count). The summed E-state index contributed by atoms with van der Waals surface area (Å²) in [5.41, 5.74) is 0.759. The Morgan fingerprint density at radius 1 is 1.28 bits per heavy atom. The number of alkyl halides is 2. The van der Waals surface area contributed by atoms with Crippen LogP contribution >= 0.6 is 11.3 Å². The third-order valence-corrected chi connectivity index (χ3v) is 6.19. The molecule has 1 aliphatic heterocycles. The van der Waals surface area contributed by atoms with Gasteiger partial charge >= 0.3 is 6.11 Å². The molecular weight excluding hydrogens is 442 g/mol. The molecule has 1 aromatic heterocycles. The van der Waals surface area contributed by atoms with Crippen molar-refractivity contribution >= 4 is 28.3 Å². The highest BCUT2D eigenvalue weighted by molar-refractivity contribution is 7.15. The molecule has 0 radical (unpaired) electrons. The smallest absolute Gasteiger partial charge is 0.395 e. The second kappa shape index (κ2) is 8.97. The van der Waals surface area contributed by atoms with Crippen molar-refractivity contribution in [2.75, 3.05) is 25.0 Å². The monoisotopic (exact) mass is 466 g/mol. The van der Waals surface area contributed by atoms with Gasteiger partial charge in [-0.3, -0.25) is 14.9 Å². The van der Waals surface area contributed by atoms with Crippen LogP contribution in [-0.2, 0) is 9.59 Å². The second-order valence-corrected chi connectivity index (χ2v) is 9.00. The van der Waals surface area contributed by atoms with E-state index in [0.717, 1.165) is 23.4 Å². The molecule has 8 nitrogen and oxygen atoms in total. The molecule has 2 heterocycles. The summed E-state index contributed by atoms with van der Waals surface area (Å²) in [5, 5.41) is 12.1. The predicted octanol–water partition coefficient (Wildman–Crippen LogP) is 3.76. The molecular formula is C21H24F2N4O4S. The number of benzene rings is 1. The lowest BCUT2D eigenvalue weighted by molar-refractivity contribution is -0.159. The molecule has 1 saturated heterocycles. The lowest BCUT2D eigenvalue weighted by atomic mass is 9.98. The number of likely N-dealkylation sites (tertiary alicyclic amines) is 1. The van der Waals surface area contributed by atoms with E-state index in [4.69, 9.17) is 4.74 Å². The standard InChI is InChI=1S/C21H24F2N4O4S/c1-3-30-16-8-13(6-7-15(16)31-21(2,22)23)14-9-18(29)27(10-14)11-17(28)24-20-26-25-19(32-20)12-4-5-12/h6-8,12,14H,3-5,9-11H2,1-2H3,(H,24,26,28)/t14-/m1/s1. The molecule has 2 aliphatic rings. The maximum atomic E-state index is 13.3. The number of rotatable bonds is 9. The van der Waals surface area contributed by atoms with Gasteiger partial charge < -0.3 is 14.4 Å². The van der Waals surface area contributed by atoms with E-state index in [1.807, 2.05) is 0 Å². The predicted molar refractivity (Wildman–Crippen MR) is 113 cm³/mol. The van der Waals surface area contributed by atoms with E-state index in [1.54, 1.807) is 19.1 Å². The summed E-state index contributed by atoms with van der Waals surface area (Å²) >= 11 is 1.36. The Morgan fingerprint density at radius 2 is 2.06 bits per heavy atom. The van der Waals surface area contributed by atoms with Gasteiger partial charge in [0.2, 0.25) is 16.9 Å². The molecule has 0 bridgehead atoms. The van der Waals surface area contributed by atoms with Crippen LogP contribution in [0, 0.1) is 0 Å². The molecule has 2 amide bonds. The zero-order valence-electron chi connectivity index (χ0n) is 17.8. The SMILES string of the molecule is CCOc1cc([C@@H]2CC(=O)N(CC(=O)Nc3nnc(C4CC4)s3)C2)ccc1OC(C)(F)F. The first-order valence-corrected chi connectivity index (χ1v) is 11.3. The lowest BCUT2D eigenvalue weighted by Crippen LogP contribution is -2.34. The van der Waals surface area contributed by atoms with Gasteiger partial charge in [-0.05, 0) is 37.5 Å². The Balaban J connectivity index is 1.38. The number of amides is 2. The van der Waals surface area contributed by atoms with Crippen molar-refractivity contribution in [3.63, 3.8) is 0 Å². The number of aromatic nitrogens is 2. The van der Waals surface area contributed by atoms with Crippen LogP contribution in [0.25, 0.3) is 0 Å². The van der Waals surface area contributed by atoms with Gasteiger partial charge in [-0.1, -0.05) is 17.4 Å². The van der Waals surface area contributed by atoms with Crippen LogP contribution < -0.4 is 14.8 Å². The van der Waals surface area contributed by atoms with Gasteiger partial charge in [0.1, 0.15) is 5.01 Å². The minimum absolute atomic E-state index is 0.0636. The largest absolute Gasteiger partial charge is 0.490 e. The number of halogens is 2. The van der Waals surface area contributed by atoms with Gasteiger partial charge in [-0.25, -0.2) is 0 Å². The van der Waals surface area contributed by atoms with E-state index in [-0.39, 0.29) is 48.8 Å². The molecule has 1 N–H and O–H groups in total. The van der Waals surface area contributed by atoms with Crippen molar-refractivity contribution < 1.29 is 27.8 Å². The Kier molecular flexibility index (Phi) is 6.27. The molecule has 32 heavy (non-hydrogen) atoms. The average molecular weight is 467 g/mol. The van der Waals surface area contributed by atoms with Crippen molar-refractivity contribution in [2.24, 2.45) is 0 Å². The van der Waals surface area contributed by atoms with Crippen molar-refractivity contribution in [1.82, 2.24) is 15.1 Å². The van der Waals surface area contributed by atoms with Crippen molar-refractivity contribution in [3.8, 4) is 11.5 Å². The molecule has 11 heteroatoms. The van der Waals surface area contributed by atoms with Gasteiger partial charge in [-0.15, -0.1) is 10.2 Å². The maximum Gasteiger partial charge on any atom is 0.395 e. The number of nitrogens with zero attached hydrogens (tertiary/aromatic N) is 3. The fraction of sp³-hybridized carbons (Fsp3) is 0.524. The summed E-state index contributed by atoms with van der Waals surface area (Å²) in [5.74, 6) is -0.0836. The molecule has 2 fully saturated rings. The lowest BCUT2D eigenvalue weighted by Gasteiger charge is -2.19. The first kappa shape index (κ1) is 22.4. The summed E-state index contributed by atoms with van der Waals surface area (Å²) in [4.78, 5) is 26.4. The number of hydrogen-bond acceptors (Lipinski definition) is 7. The fourth-order valence-corrected chi connectivity index (χ4v) is 4.51. The molecule has 172 valence electrons. The highest BCUT2D eigenvalue weighted by Gasteiger charge is 2.33. The van der Waals surface area contributed by atoms with Crippen LogP contribution in [0.3, 0.4) is 0 Å². The van der Waals surface area contributed by atoms with Crippen molar-refractivity contribution in [2.45, 2.75) is 51.1 Å². The Labute approximate surface area is 187 Å². The van der Waals surface area contributed by atoms with E-state index >= 15 is 0 Å². The number of carbonyl (C=O) groups is 2. The van der Waals surface area contributed by atoms with Gasteiger partial charge in [0.05, 0.1) is 13.2 Å². The Morgan fingerprint density at radius 3 is 2.75 bits per heavy atom. The quantitative estimate of drug-likeness (QED) is 0.605.